The fourth-order valence-corrected chi connectivity index (χ4v) is 2.10. The SMILES string of the molecule is O=c1[nH]c2ccc(S(=O)(=O)Cl)cc2nc1Cl. The molecule has 0 unspecified atom stereocenters. The Bertz CT molecular complexity index is 724. The zero-order valence-electron chi connectivity index (χ0n) is 7.57. The number of benzene rings is 1. The molecule has 0 amide bonds. The molecule has 0 aliphatic carbocycles. The van der Waals surface area contributed by atoms with E-state index in [-0.39, 0.29) is 15.6 Å². The predicted molar refractivity (Wildman–Crippen MR) is 60.4 cm³/mol. The Balaban J connectivity index is 2.82. The highest BCUT2D eigenvalue weighted by atomic mass is 35.7. The van der Waals surface area contributed by atoms with Crippen molar-refractivity contribution in [3.05, 3.63) is 33.7 Å². The molecule has 1 aromatic heterocycles. The van der Waals surface area contributed by atoms with Crippen molar-refractivity contribution in [2.24, 2.45) is 0 Å². The lowest BCUT2D eigenvalue weighted by atomic mass is 10.3. The van der Waals surface area contributed by atoms with Crippen molar-refractivity contribution in [1.29, 1.82) is 0 Å². The minimum absolute atomic E-state index is 0.0997. The van der Waals surface area contributed by atoms with Gasteiger partial charge in [-0.2, -0.15) is 0 Å². The van der Waals surface area contributed by atoms with Crippen molar-refractivity contribution in [3.63, 3.8) is 0 Å². The van der Waals surface area contributed by atoms with Crippen LogP contribution in [0.4, 0.5) is 0 Å². The third kappa shape index (κ3) is 2.04. The van der Waals surface area contributed by atoms with Crippen LogP contribution in [0.3, 0.4) is 0 Å². The summed E-state index contributed by atoms with van der Waals surface area (Å²) in [6, 6.07) is 3.91. The zero-order chi connectivity index (χ0) is 11.9. The van der Waals surface area contributed by atoms with Gasteiger partial charge in [0.2, 0.25) is 0 Å². The summed E-state index contributed by atoms with van der Waals surface area (Å²) in [4.78, 5) is 17.2. The van der Waals surface area contributed by atoms with Crippen molar-refractivity contribution in [3.8, 4) is 0 Å². The second-order valence-corrected chi connectivity index (χ2v) is 5.90. The maximum atomic E-state index is 11.1. The average Bonchev–Trinajstić information content (AvgIpc) is 2.17. The third-order valence-electron chi connectivity index (χ3n) is 1.90. The van der Waals surface area contributed by atoms with E-state index in [1.807, 2.05) is 0 Å². The van der Waals surface area contributed by atoms with Gasteiger partial charge in [-0.05, 0) is 18.2 Å². The van der Waals surface area contributed by atoms with Crippen LogP contribution in [0.5, 0.6) is 0 Å². The second-order valence-electron chi connectivity index (χ2n) is 2.97. The molecule has 0 bridgehead atoms. The van der Waals surface area contributed by atoms with Gasteiger partial charge in [-0.25, -0.2) is 13.4 Å². The molecule has 0 radical (unpaired) electrons. The number of fused-ring (bicyclic) bond motifs is 1. The lowest BCUT2D eigenvalue weighted by Crippen LogP contribution is -2.08. The molecule has 2 rings (SSSR count). The number of aromatic nitrogens is 2. The summed E-state index contributed by atoms with van der Waals surface area (Å²) in [5, 5.41) is -0.253. The molecule has 1 N–H and O–H groups in total. The molecule has 1 aromatic carbocycles. The van der Waals surface area contributed by atoms with E-state index in [9.17, 15) is 13.2 Å². The van der Waals surface area contributed by atoms with Crippen molar-refractivity contribution >= 4 is 42.4 Å². The normalized spacial score (nSPS) is 11.9. The lowest BCUT2D eigenvalue weighted by Gasteiger charge is -2.00. The van der Waals surface area contributed by atoms with E-state index < -0.39 is 14.6 Å². The molecule has 0 aliphatic heterocycles. The first-order valence-electron chi connectivity index (χ1n) is 4.02. The third-order valence-corrected chi connectivity index (χ3v) is 3.51. The Morgan fingerprint density at radius 3 is 2.62 bits per heavy atom. The Kier molecular flexibility index (Phi) is 2.65. The number of hydrogen-bond acceptors (Lipinski definition) is 4. The van der Waals surface area contributed by atoms with Gasteiger partial charge in [0.25, 0.3) is 14.6 Å². The Morgan fingerprint density at radius 2 is 2.00 bits per heavy atom. The largest absolute Gasteiger partial charge is 0.318 e. The van der Waals surface area contributed by atoms with E-state index in [0.29, 0.717) is 5.52 Å². The standard InChI is InChI=1S/C8H4Cl2N2O3S/c9-7-8(13)12-5-2-1-4(16(10,14)15)3-6(5)11-7/h1-3H,(H,12,13). The van der Waals surface area contributed by atoms with Crippen molar-refractivity contribution in [2.75, 3.05) is 0 Å². The smallest absolute Gasteiger partial charge is 0.286 e. The van der Waals surface area contributed by atoms with E-state index in [0.717, 1.165) is 0 Å². The van der Waals surface area contributed by atoms with Crippen molar-refractivity contribution < 1.29 is 8.42 Å². The molecule has 0 aliphatic rings. The summed E-state index contributed by atoms with van der Waals surface area (Å²) >= 11 is 5.52. The van der Waals surface area contributed by atoms with Crippen molar-refractivity contribution in [1.82, 2.24) is 9.97 Å². The van der Waals surface area contributed by atoms with Crippen LogP contribution in [0, 0.1) is 0 Å². The number of rotatable bonds is 1. The quantitative estimate of drug-likeness (QED) is 0.802. The van der Waals surface area contributed by atoms with E-state index in [1.54, 1.807) is 0 Å². The Morgan fingerprint density at radius 1 is 1.31 bits per heavy atom. The molecule has 0 spiro atoms. The summed E-state index contributed by atoms with van der Waals surface area (Å²) in [5.74, 6) is 0. The van der Waals surface area contributed by atoms with Crippen LogP contribution >= 0.6 is 22.3 Å². The van der Waals surface area contributed by atoms with Crippen molar-refractivity contribution in [2.45, 2.75) is 4.90 Å². The molecule has 84 valence electrons. The molecule has 0 saturated heterocycles. The average molecular weight is 279 g/mol. The minimum atomic E-state index is -3.82. The first-order chi connectivity index (χ1) is 7.38. The van der Waals surface area contributed by atoms with E-state index in [4.69, 9.17) is 22.3 Å². The van der Waals surface area contributed by atoms with E-state index in [2.05, 4.69) is 9.97 Å². The number of H-pyrrole nitrogens is 1. The number of nitrogens with one attached hydrogen (secondary N) is 1. The zero-order valence-corrected chi connectivity index (χ0v) is 9.90. The van der Waals surface area contributed by atoms with E-state index >= 15 is 0 Å². The fourth-order valence-electron chi connectivity index (χ4n) is 1.19. The fraction of sp³-hybridized carbons (Fsp3) is 0. The predicted octanol–water partition coefficient (Wildman–Crippen LogP) is 1.50. The number of nitrogens with zero attached hydrogens (tertiary/aromatic N) is 1. The van der Waals surface area contributed by atoms with Crippen LogP contribution in [0.25, 0.3) is 11.0 Å². The van der Waals surface area contributed by atoms with Crippen LogP contribution in [-0.4, -0.2) is 18.4 Å². The van der Waals surface area contributed by atoms with Gasteiger partial charge in [0.1, 0.15) is 0 Å². The second kappa shape index (κ2) is 3.73. The van der Waals surface area contributed by atoms with Crippen LogP contribution in [0.2, 0.25) is 5.15 Å². The molecule has 5 nitrogen and oxygen atoms in total. The van der Waals surface area contributed by atoms with Gasteiger partial charge in [-0.1, -0.05) is 11.6 Å². The molecule has 0 fully saturated rings. The monoisotopic (exact) mass is 278 g/mol. The van der Waals surface area contributed by atoms with Gasteiger partial charge in [-0.15, -0.1) is 0 Å². The molecule has 0 atom stereocenters. The van der Waals surface area contributed by atoms with Crippen LogP contribution in [0.15, 0.2) is 27.9 Å². The summed E-state index contributed by atoms with van der Waals surface area (Å²) in [7, 11) is 1.35. The van der Waals surface area contributed by atoms with Gasteiger partial charge in [0, 0.05) is 10.7 Å². The first kappa shape index (κ1) is 11.4. The molecule has 0 saturated carbocycles. The highest BCUT2D eigenvalue weighted by Crippen LogP contribution is 2.19. The molecular weight excluding hydrogens is 275 g/mol. The highest BCUT2D eigenvalue weighted by molar-refractivity contribution is 8.13. The topological polar surface area (TPSA) is 79.9 Å². The van der Waals surface area contributed by atoms with Crippen LogP contribution in [0.1, 0.15) is 0 Å². The number of aromatic amines is 1. The molecule has 16 heavy (non-hydrogen) atoms. The minimum Gasteiger partial charge on any atom is -0.318 e. The number of halogens is 2. The summed E-state index contributed by atoms with van der Waals surface area (Å²) < 4.78 is 22.1. The summed E-state index contributed by atoms with van der Waals surface area (Å²) in [5.41, 5.74) is 0.112. The summed E-state index contributed by atoms with van der Waals surface area (Å²) in [6.07, 6.45) is 0. The maximum absolute atomic E-state index is 11.1. The van der Waals surface area contributed by atoms with Gasteiger partial charge >= 0.3 is 0 Å². The van der Waals surface area contributed by atoms with Gasteiger partial charge < -0.3 is 4.98 Å². The van der Waals surface area contributed by atoms with Crippen LogP contribution in [-0.2, 0) is 9.05 Å². The molecular formula is C8H4Cl2N2O3S. The van der Waals surface area contributed by atoms with Gasteiger partial charge in [0.05, 0.1) is 15.9 Å². The first-order valence-corrected chi connectivity index (χ1v) is 6.71. The molecule has 2 aromatic rings. The Hall–Kier alpha value is -1.11. The Labute approximate surface area is 99.4 Å². The highest BCUT2D eigenvalue weighted by Gasteiger charge is 2.11. The molecule has 1 heterocycles. The van der Waals surface area contributed by atoms with Crippen LogP contribution < -0.4 is 5.56 Å². The maximum Gasteiger partial charge on any atom is 0.286 e. The summed E-state index contributed by atoms with van der Waals surface area (Å²) in [6.45, 7) is 0. The number of hydrogen-bond donors (Lipinski definition) is 1. The molecule has 8 heteroatoms. The van der Waals surface area contributed by atoms with Gasteiger partial charge in [0.15, 0.2) is 5.15 Å². The lowest BCUT2D eigenvalue weighted by molar-refractivity contribution is 0.609. The van der Waals surface area contributed by atoms with E-state index in [1.165, 1.54) is 18.2 Å². The van der Waals surface area contributed by atoms with Gasteiger partial charge in [-0.3, -0.25) is 4.79 Å².